The molecule has 2 rings (SSSR count). The summed E-state index contributed by atoms with van der Waals surface area (Å²) in [6.45, 7) is 5.71. The molecule has 1 aromatic heterocycles. The predicted molar refractivity (Wildman–Crippen MR) is 106 cm³/mol. The zero-order chi connectivity index (χ0) is 20.6. The van der Waals surface area contributed by atoms with Crippen LogP contribution in [-0.4, -0.2) is 31.1 Å². The lowest BCUT2D eigenvalue weighted by Gasteiger charge is -2.12. The Morgan fingerprint density at radius 1 is 1.21 bits per heavy atom. The number of halogens is 3. The van der Waals surface area contributed by atoms with Gasteiger partial charge in [0.15, 0.2) is 11.7 Å². The van der Waals surface area contributed by atoms with Gasteiger partial charge < -0.3 is 15.4 Å². The first-order chi connectivity index (χ1) is 13.3. The van der Waals surface area contributed by atoms with Crippen LogP contribution in [0.5, 0.6) is 5.75 Å². The van der Waals surface area contributed by atoms with Gasteiger partial charge in [-0.3, -0.25) is 4.99 Å². The number of aromatic nitrogens is 1. The van der Waals surface area contributed by atoms with Gasteiger partial charge in [-0.25, -0.2) is 4.98 Å². The van der Waals surface area contributed by atoms with E-state index in [9.17, 15) is 13.2 Å². The Morgan fingerprint density at radius 2 is 1.93 bits per heavy atom. The molecule has 0 amide bonds. The fourth-order valence-corrected chi connectivity index (χ4v) is 2.98. The molecule has 0 atom stereocenters. The molecule has 1 heterocycles. The monoisotopic (exact) mass is 414 g/mol. The summed E-state index contributed by atoms with van der Waals surface area (Å²) in [7, 11) is 1.61. The van der Waals surface area contributed by atoms with Crippen molar-refractivity contribution >= 4 is 17.3 Å². The van der Waals surface area contributed by atoms with E-state index in [4.69, 9.17) is 4.74 Å². The van der Waals surface area contributed by atoms with Gasteiger partial charge in [-0.15, -0.1) is 11.3 Å². The van der Waals surface area contributed by atoms with Crippen molar-refractivity contribution < 1.29 is 17.9 Å². The van der Waals surface area contributed by atoms with Gasteiger partial charge in [0.2, 0.25) is 0 Å². The number of thiazole rings is 1. The van der Waals surface area contributed by atoms with E-state index < -0.39 is 11.9 Å². The minimum atomic E-state index is -4.41. The molecule has 0 unspecified atom stereocenters. The number of nitrogens with zero attached hydrogens (tertiary/aromatic N) is 2. The molecular formula is C19H25F3N4OS. The molecule has 0 aliphatic rings. The highest BCUT2D eigenvalue weighted by molar-refractivity contribution is 7.09. The fourth-order valence-electron chi connectivity index (χ4n) is 2.24. The third-order valence-electron chi connectivity index (χ3n) is 3.69. The van der Waals surface area contributed by atoms with Gasteiger partial charge in [0.25, 0.3) is 0 Å². The Labute approximate surface area is 167 Å². The third-order valence-corrected chi connectivity index (χ3v) is 4.53. The summed E-state index contributed by atoms with van der Waals surface area (Å²) in [6.07, 6.45) is -3.63. The lowest BCUT2D eigenvalue weighted by molar-refractivity contribution is -0.140. The number of aliphatic imine (C=N–C) groups is 1. The quantitative estimate of drug-likeness (QED) is 0.504. The van der Waals surface area contributed by atoms with Crippen LogP contribution in [0.3, 0.4) is 0 Å². The fraction of sp³-hybridized carbons (Fsp3) is 0.474. The minimum absolute atomic E-state index is 0.183. The van der Waals surface area contributed by atoms with Crippen molar-refractivity contribution in [3.63, 3.8) is 0 Å². The SMILES string of the molecule is CN=C(NCCc1ccc(OCC(C)C)cc1)NCc1nc(C(F)(F)F)cs1. The van der Waals surface area contributed by atoms with Crippen molar-refractivity contribution in [1.82, 2.24) is 15.6 Å². The van der Waals surface area contributed by atoms with Crippen LogP contribution in [0, 0.1) is 5.92 Å². The third kappa shape index (κ3) is 7.38. The van der Waals surface area contributed by atoms with Gasteiger partial charge in [0.1, 0.15) is 10.8 Å². The molecular weight excluding hydrogens is 389 g/mol. The largest absolute Gasteiger partial charge is 0.493 e. The highest BCUT2D eigenvalue weighted by Gasteiger charge is 2.33. The molecule has 0 aliphatic carbocycles. The molecule has 0 spiro atoms. The summed E-state index contributed by atoms with van der Waals surface area (Å²) < 4.78 is 43.4. The zero-order valence-electron chi connectivity index (χ0n) is 16.1. The van der Waals surface area contributed by atoms with E-state index in [1.807, 2.05) is 24.3 Å². The average molecular weight is 414 g/mol. The highest BCUT2D eigenvalue weighted by atomic mass is 32.1. The van der Waals surface area contributed by atoms with Crippen LogP contribution >= 0.6 is 11.3 Å². The van der Waals surface area contributed by atoms with Crippen molar-refractivity contribution in [2.24, 2.45) is 10.9 Å². The first-order valence-electron chi connectivity index (χ1n) is 8.95. The van der Waals surface area contributed by atoms with E-state index in [0.29, 0.717) is 30.0 Å². The van der Waals surface area contributed by atoms with Gasteiger partial charge >= 0.3 is 6.18 Å². The lowest BCUT2D eigenvalue weighted by atomic mass is 10.1. The second kappa shape index (κ2) is 10.3. The Kier molecular flexibility index (Phi) is 8.10. The van der Waals surface area contributed by atoms with Crippen LogP contribution in [0.1, 0.15) is 30.1 Å². The smallest absolute Gasteiger partial charge is 0.434 e. The first-order valence-corrected chi connectivity index (χ1v) is 9.83. The van der Waals surface area contributed by atoms with Crippen LogP contribution < -0.4 is 15.4 Å². The van der Waals surface area contributed by atoms with Crippen molar-refractivity contribution in [2.45, 2.75) is 33.0 Å². The van der Waals surface area contributed by atoms with Crippen LogP contribution in [0.2, 0.25) is 0 Å². The maximum atomic E-state index is 12.6. The molecule has 28 heavy (non-hydrogen) atoms. The standard InChI is InChI=1S/C19H25F3N4OS/c1-13(2)11-27-15-6-4-14(5-7-15)8-9-24-18(23-3)25-10-17-26-16(12-28-17)19(20,21)22/h4-7,12-13H,8-11H2,1-3H3,(H2,23,24,25). The van der Waals surface area contributed by atoms with E-state index in [1.54, 1.807) is 7.05 Å². The molecule has 0 saturated carbocycles. The van der Waals surface area contributed by atoms with Gasteiger partial charge in [0, 0.05) is 19.0 Å². The minimum Gasteiger partial charge on any atom is -0.493 e. The van der Waals surface area contributed by atoms with Gasteiger partial charge in [-0.1, -0.05) is 26.0 Å². The highest BCUT2D eigenvalue weighted by Crippen LogP contribution is 2.29. The summed E-state index contributed by atoms with van der Waals surface area (Å²) in [5, 5.41) is 7.48. The van der Waals surface area contributed by atoms with E-state index in [1.165, 1.54) is 0 Å². The zero-order valence-corrected chi connectivity index (χ0v) is 17.0. The second-order valence-corrected chi connectivity index (χ2v) is 7.52. The topological polar surface area (TPSA) is 58.5 Å². The number of hydrogen-bond acceptors (Lipinski definition) is 4. The number of benzene rings is 1. The molecule has 1 aromatic carbocycles. The van der Waals surface area contributed by atoms with Crippen molar-refractivity contribution in [3.05, 3.63) is 45.9 Å². The summed E-state index contributed by atoms with van der Waals surface area (Å²) >= 11 is 0.968. The van der Waals surface area contributed by atoms with Gasteiger partial charge in [-0.05, 0) is 30.0 Å². The van der Waals surface area contributed by atoms with Crippen molar-refractivity contribution in [3.8, 4) is 5.75 Å². The van der Waals surface area contributed by atoms with E-state index in [0.717, 1.165) is 34.5 Å². The molecule has 0 radical (unpaired) electrons. The first kappa shape index (κ1) is 22.0. The Balaban J connectivity index is 1.74. The second-order valence-electron chi connectivity index (χ2n) is 6.58. The maximum Gasteiger partial charge on any atom is 0.434 e. The van der Waals surface area contributed by atoms with Gasteiger partial charge in [-0.2, -0.15) is 13.2 Å². The molecule has 0 bridgehead atoms. The van der Waals surface area contributed by atoms with Crippen molar-refractivity contribution in [2.75, 3.05) is 20.2 Å². The number of ether oxygens (including phenoxy) is 1. The molecule has 0 saturated heterocycles. The van der Waals surface area contributed by atoms with Crippen LogP contribution in [0.15, 0.2) is 34.6 Å². The van der Waals surface area contributed by atoms with E-state index >= 15 is 0 Å². The summed E-state index contributed by atoms with van der Waals surface area (Å²) in [5.74, 6) is 1.85. The predicted octanol–water partition coefficient (Wildman–Crippen LogP) is 4.10. The number of hydrogen-bond donors (Lipinski definition) is 2. The maximum absolute atomic E-state index is 12.6. The number of rotatable bonds is 8. The normalized spacial score (nSPS) is 12.3. The molecule has 0 fully saturated rings. The number of guanidine groups is 1. The molecule has 154 valence electrons. The summed E-state index contributed by atoms with van der Waals surface area (Å²) in [5.41, 5.74) is 0.285. The average Bonchev–Trinajstić information content (AvgIpc) is 3.13. The Hall–Kier alpha value is -2.29. The lowest BCUT2D eigenvalue weighted by Crippen LogP contribution is -2.37. The molecule has 9 heteroatoms. The Morgan fingerprint density at radius 3 is 2.50 bits per heavy atom. The summed E-state index contributed by atoms with van der Waals surface area (Å²) in [4.78, 5) is 7.66. The molecule has 2 aromatic rings. The van der Waals surface area contributed by atoms with Gasteiger partial charge in [0.05, 0.1) is 13.2 Å². The van der Waals surface area contributed by atoms with Crippen LogP contribution in [0.4, 0.5) is 13.2 Å². The number of nitrogens with one attached hydrogen (secondary N) is 2. The van der Waals surface area contributed by atoms with E-state index in [2.05, 4.69) is 34.5 Å². The summed E-state index contributed by atoms with van der Waals surface area (Å²) in [6, 6.07) is 7.93. The number of alkyl halides is 3. The van der Waals surface area contributed by atoms with Crippen LogP contribution in [0.25, 0.3) is 0 Å². The van der Waals surface area contributed by atoms with Crippen LogP contribution in [-0.2, 0) is 19.1 Å². The molecule has 2 N–H and O–H groups in total. The van der Waals surface area contributed by atoms with E-state index in [-0.39, 0.29) is 6.54 Å². The molecule has 0 aliphatic heterocycles. The molecule has 5 nitrogen and oxygen atoms in total. The Bertz CT molecular complexity index is 757. The van der Waals surface area contributed by atoms with Crippen molar-refractivity contribution in [1.29, 1.82) is 0 Å².